The first-order chi connectivity index (χ1) is 11.1. The molecule has 7 nitrogen and oxygen atoms in total. The molecule has 11 heteroatoms. The molecule has 2 aromatic rings. The fourth-order valence-corrected chi connectivity index (χ4v) is 5.47. The lowest BCUT2D eigenvalue weighted by Crippen LogP contribution is -2.29. The second kappa shape index (κ2) is 5.95. The van der Waals surface area contributed by atoms with Crippen LogP contribution in [0.3, 0.4) is 0 Å². The Morgan fingerprint density at radius 2 is 1.92 bits per heavy atom. The number of rotatable bonds is 3. The van der Waals surface area contributed by atoms with Gasteiger partial charge in [0.15, 0.2) is 0 Å². The van der Waals surface area contributed by atoms with E-state index in [9.17, 15) is 16.8 Å². The van der Waals surface area contributed by atoms with E-state index in [2.05, 4.69) is 20.9 Å². The van der Waals surface area contributed by atoms with Crippen molar-refractivity contribution in [1.29, 1.82) is 0 Å². The third kappa shape index (κ3) is 3.04. The Morgan fingerprint density at radius 3 is 2.58 bits per heavy atom. The van der Waals surface area contributed by atoms with Gasteiger partial charge in [-0.05, 0) is 52.2 Å². The summed E-state index contributed by atoms with van der Waals surface area (Å²) in [6, 6.07) is 5.48. The van der Waals surface area contributed by atoms with Crippen molar-refractivity contribution in [3.05, 3.63) is 45.7 Å². The highest BCUT2D eigenvalue weighted by Crippen LogP contribution is 2.36. The van der Waals surface area contributed by atoms with Gasteiger partial charge in [0.25, 0.3) is 10.0 Å². The summed E-state index contributed by atoms with van der Waals surface area (Å²) in [4.78, 5) is 3.66. The van der Waals surface area contributed by atoms with Crippen molar-refractivity contribution in [3.8, 4) is 0 Å². The molecule has 0 fully saturated rings. The average Bonchev–Trinajstić information content (AvgIpc) is 2.92. The number of aromatic nitrogens is 1. The van der Waals surface area contributed by atoms with E-state index in [0.717, 1.165) is 0 Å². The molecule has 0 saturated heterocycles. The van der Waals surface area contributed by atoms with Gasteiger partial charge in [-0.15, -0.1) is 0 Å². The van der Waals surface area contributed by atoms with Crippen LogP contribution in [0.2, 0.25) is 5.15 Å². The van der Waals surface area contributed by atoms with Gasteiger partial charge in [-0.2, -0.15) is 0 Å². The van der Waals surface area contributed by atoms with Gasteiger partial charge in [0.05, 0.1) is 10.6 Å². The largest absolute Gasteiger partial charge is 0.267 e. The van der Waals surface area contributed by atoms with Gasteiger partial charge in [0.1, 0.15) is 10.0 Å². The lowest BCUT2D eigenvalue weighted by atomic mass is 10.2. The quantitative estimate of drug-likeness (QED) is 0.715. The van der Waals surface area contributed by atoms with Crippen LogP contribution in [-0.2, 0) is 26.5 Å². The first kappa shape index (κ1) is 17.6. The number of benzene rings is 1. The number of primary sulfonamides is 1. The van der Waals surface area contributed by atoms with Crippen LogP contribution in [0.25, 0.3) is 0 Å². The zero-order valence-corrected chi connectivity index (χ0v) is 16.0. The second-order valence-corrected chi connectivity index (χ2v) is 9.77. The molecule has 1 aromatic heterocycles. The van der Waals surface area contributed by atoms with E-state index in [-0.39, 0.29) is 21.5 Å². The molecular formula is C13H11BrClN3O4S2. The number of sulfonamides is 2. The number of nitrogens with two attached hydrogens (primary N) is 1. The number of nitrogens with zero attached hydrogens (tertiary/aromatic N) is 2. The van der Waals surface area contributed by atoms with E-state index in [4.69, 9.17) is 16.7 Å². The van der Waals surface area contributed by atoms with Crippen molar-refractivity contribution in [2.24, 2.45) is 5.14 Å². The van der Waals surface area contributed by atoms with E-state index in [1.165, 1.54) is 34.8 Å². The zero-order chi connectivity index (χ0) is 17.7. The topological polar surface area (TPSA) is 110 Å². The Balaban J connectivity index is 2.09. The maximum Gasteiger partial charge on any atom is 0.267 e. The average molecular weight is 453 g/mol. The third-order valence-corrected chi connectivity index (χ3v) is 7.16. The summed E-state index contributed by atoms with van der Waals surface area (Å²) in [6.07, 6.45) is 1.77. The van der Waals surface area contributed by atoms with E-state index in [1.807, 2.05) is 0 Å². The fourth-order valence-electron chi connectivity index (χ4n) is 2.48. The summed E-state index contributed by atoms with van der Waals surface area (Å²) < 4.78 is 50.3. The third-order valence-electron chi connectivity index (χ3n) is 3.57. The maximum absolute atomic E-state index is 12.9. The SMILES string of the molecule is NS(=O)(=O)c1ccc2c(c1)CCN2S(=O)(=O)c1cc(Br)cnc1Cl. The van der Waals surface area contributed by atoms with Crippen LogP contribution in [0.5, 0.6) is 0 Å². The highest BCUT2D eigenvalue weighted by Gasteiger charge is 2.33. The van der Waals surface area contributed by atoms with Crippen molar-refractivity contribution in [2.45, 2.75) is 16.2 Å². The molecular weight excluding hydrogens is 442 g/mol. The minimum absolute atomic E-state index is 0.0531. The van der Waals surface area contributed by atoms with E-state index in [1.54, 1.807) is 0 Å². The highest BCUT2D eigenvalue weighted by molar-refractivity contribution is 9.10. The molecule has 128 valence electrons. The van der Waals surface area contributed by atoms with E-state index >= 15 is 0 Å². The fraction of sp³-hybridized carbons (Fsp3) is 0.154. The Bertz CT molecular complexity index is 1040. The Morgan fingerprint density at radius 1 is 1.21 bits per heavy atom. The summed E-state index contributed by atoms with van der Waals surface area (Å²) >= 11 is 9.11. The maximum atomic E-state index is 12.9. The molecule has 0 bridgehead atoms. The van der Waals surface area contributed by atoms with Gasteiger partial charge in [0, 0.05) is 17.2 Å². The molecule has 24 heavy (non-hydrogen) atoms. The molecule has 3 rings (SSSR count). The van der Waals surface area contributed by atoms with Gasteiger partial charge in [-0.25, -0.2) is 27.0 Å². The molecule has 0 unspecified atom stereocenters. The van der Waals surface area contributed by atoms with Gasteiger partial charge < -0.3 is 0 Å². The molecule has 0 amide bonds. The highest BCUT2D eigenvalue weighted by atomic mass is 79.9. The summed E-state index contributed by atoms with van der Waals surface area (Å²) in [5, 5.41) is 4.98. The summed E-state index contributed by atoms with van der Waals surface area (Å²) in [5.74, 6) is 0. The Labute approximate surface area is 152 Å². The molecule has 0 spiro atoms. The smallest absolute Gasteiger partial charge is 0.266 e. The number of fused-ring (bicyclic) bond motifs is 1. The number of halogens is 2. The summed E-state index contributed by atoms with van der Waals surface area (Å²) in [7, 11) is -7.77. The molecule has 0 aliphatic carbocycles. The molecule has 0 saturated carbocycles. The number of pyridine rings is 1. The normalized spacial score (nSPS) is 14.7. The Hall–Kier alpha value is -1.20. The summed E-state index contributed by atoms with van der Waals surface area (Å²) in [5.41, 5.74) is 0.989. The molecule has 1 aliphatic heterocycles. The van der Waals surface area contributed by atoms with Gasteiger partial charge in [-0.3, -0.25) is 4.31 Å². The van der Waals surface area contributed by atoms with Gasteiger partial charge in [-0.1, -0.05) is 11.6 Å². The van der Waals surface area contributed by atoms with Crippen molar-refractivity contribution in [1.82, 2.24) is 4.98 Å². The second-order valence-electron chi connectivity index (χ2n) is 5.11. The van der Waals surface area contributed by atoms with Crippen LogP contribution in [0, 0.1) is 0 Å². The van der Waals surface area contributed by atoms with Crippen LogP contribution in [0.15, 0.2) is 44.7 Å². The zero-order valence-electron chi connectivity index (χ0n) is 12.0. The van der Waals surface area contributed by atoms with E-state index in [0.29, 0.717) is 22.1 Å². The molecule has 1 aromatic carbocycles. The molecule has 2 N–H and O–H groups in total. The minimum atomic E-state index is -3.93. The first-order valence-corrected chi connectivity index (χ1v) is 10.8. The molecule has 1 aliphatic rings. The van der Waals surface area contributed by atoms with Gasteiger partial charge >= 0.3 is 0 Å². The van der Waals surface area contributed by atoms with Crippen LogP contribution in [0.1, 0.15) is 5.56 Å². The van der Waals surface area contributed by atoms with E-state index < -0.39 is 20.0 Å². The van der Waals surface area contributed by atoms with Crippen molar-refractivity contribution < 1.29 is 16.8 Å². The number of anilines is 1. The van der Waals surface area contributed by atoms with Crippen LogP contribution < -0.4 is 9.44 Å². The predicted octanol–water partition coefficient (Wildman–Crippen LogP) is 1.90. The lowest BCUT2D eigenvalue weighted by molar-refractivity contribution is 0.591. The number of hydrogen-bond donors (Lipinski definition) is 1. The van der Waals surface area contributed by atoms with Crippen molar-refractivity contribution in [3.63, 3.8) is 0 Å². The predicted molar refractivity (Wildman–Crippen MR) is 93.0 cm³/mol. The van der Waals surface area contributed by atoms with Crippen LogP contribution in [-0.4, -0.2) is 28.4 Å². The van der Waals surface area contributed by atoms with Gasteiger partial charge in [0.2, 0.25) is 10.0 Å². The first-order valence-electron chi connectivity index (χ1n) is 6.60. The lowest BCUT2D eigenvalue weighted by Gasteiger charge is -2.20. The molecule has 0 radical (unpaired) electrons. The standard InChI is InChI=1S/C13H11BrClN3O4S2/c14-9-6-12(13(15)17-7-9)24(21,22)18-4-3-8-5-10(23(16,19)20)1-2-11(8)18/h1-2,5-7H,3-4H2,(H2,16,19,20). The minimum Gasteiger partial charge on any atom is -0.266 e. The van der Waals surface area contributed by atoms with Crippen molar-refractivity contribution >= 4 is 53.3 Å². The van der Waals surface area contributed by atoms with Crippen LogP contribution >= 0.6 is 27.5 Å². The number of hydrogen-bond acceptors (Lipinski definition) is 5. The Kier molecular flexibility index (Phi) is 4.37. The molecule has 2 heterocycles. The van der Waals surface area contributed by atoms with Crippen LogP contribution in [0.4, 0.5) is 5.69 Å². The monoisotopic (exact) mass is 451 g/mol. The molecule has 0 atom stereocenters. The summed E-state index contributed by atoms with van der Waals surface area (Å²) in [6.45, 7) is 0.175. The van der Waals surface area contributed by atoms with Crippen molar-refractivity contribution in [2.75, 3.05) is 10.8 Å².